The smallest absolute Gasteiger partial charge is 0.211 e. The van der Waals surface area contributed by atoms with Gasteiger partial charge in [0.25, 0.3) is 0 Å². The molecule has 0 radical (unpaired) electrons. The van der Waals surface area contributed by atoms with Crippen molar-refractivity contribution in [2.75, 3.05) is 25.4 Å². The third-order valence-corrected chi connectivity index (χ3v) is 5.74. The van der Waals surface area contributed by atoms with Crippen LogP contribution in [0, 0.1) is 5.92 Å². The zero-order valence-electron chi connectivity index (χ0n) is 12.7. The monoisotopic (exact) mass is 310 g/mol. The molecule has 2 N–H and O–H groups in total. The number of hydrogen-bond acceptors (Lipinski definition) is 3. The van der Waals surface area contributed by atoms with Crippen molar-refractivity contribution in [1.29, 1.82) is 0 Å². The Morgan fingerprint density at radius 2 is 1.90 bits per heavy atom. The maximum absolute atomic E-state index is 12.1. The highest BCUT2D eigenvalue weighted by Crippen LogP contribution is 2.18. The summed E-state index contributed by atoms with van der Waals surface area (Å²) in [6.45, 7) is 4.52. The summed E-state index contributed by atoms with van der Waals surface area (Å²) >= 11 is 0. The summed E-state index contributed by atoms with van der Waals surface area (Å²) in [5, 5.41) is 3.26. The van der Waals surface area contributed by atoms with E-state index in [-0.39, 0.29) is 5.75 Å². The second kappa shape index (κ2) is 7.92. The van der Waals surface area contributed by atoms with Gasteiger partial charge in [0.05, 0.1) is 5.75 Å². The van der Waals surface area contributed by atoms with Crippen LogP contribution in [-0.4, -0.2) is 33.8 Å². The van der Waals surface area contributed by atoms with Gasteiger partial charge in [-0.25, -0.2) is 13.1 Å². The SMILES string of the molecule is CC(CCNS(=O)(=O)CC1CCNCC1)c1ccccc1. The number of piperidine rings is 1. The largest absolute Gasteiger partial charge is 0.317 e. The molecule has 0 spiro atoms. The first-order valence-corrected chi connectivity index (χ1v) is 9.45. The highest BCUT2D eigenvalue weighted by Gasteiger charge is 2.20. The zero-order chi connectivity index (χ0) is 15.1. The second-order valence-electron chi connectivity index (χ2n) is 5.97. The van der Waals surface area contributed by atoms with Crippen molar-refractivity contribution < 1.29 is 8.42 Å². The van der Waals surface area contributed by atoms with E-state index in [1.165, 1.54) is 5.56 Å². The van der Waals surface area contributed by atoms with Gasteiger partial charge in [0.2, 0.25) is 10.0 Å². The first-order valence-electron chi connectivity index (χ1n) is 7.80. The van der Waals surface area contributed by atoms with E-state index < -0.39 is 10.0 Å². The Balaban J connectivity index is 1.74. The minimum absolute atomic E-state index is 0.272. The minimum atomic E-state index is -3.14. The summed E-state index contributed by atoms with van der Waals surface area (Å²) < 4.78 is 26.9. The number of benzene rings is 1. The van der Waals surface area contributed by atoms with Crippen LogP contribution < -0.4 is 10.0 Å². The lowest BCUT2D eigenvalue weighted by molar-refractivity contribution is 0.400. The van der Waals surface area contributed by atoms with Crippen LogP contribution in [-0.2, 0) is 10.0 Å². The number of nitrogens with one attached hydrogen (secondary N) is 2. The van der Waals surface area contributed by atoms with Crippen LogP contribution in [0.1, 0.15) is 37.7 Å². The van der Waals surface area contributed by atoms with Gasteiger partial charge in [-0.3, -0.25) is 0 Å². The van der Waals surface area contributed by atoms with Crippen LogP contribution in [0.4, 0.5) is 0 Å². The van der Waals surface area contributed by atoms with Crippen LogP contribution in [0.15, 0.2) is 30.3 Å². The van der Waals surface area contributed by atoms with Crippen LogP contribution >= 0.6 is 0 Å². The fourth-order valence-electron chi connectivity index (χ4n) is 2.80. The number of hydrogen-bond donors (Lipinski definition) is 2. The maximum Gasteiger partial charge on any atom is 0.211 e. The van der Waals surface area contributed by atoms with Gasteiger partial charge in [-0.2, -0.15) is 0 Å². The van der Waals surface area contributed by atoms with E-state index in [2.05, 4.69) is 29.1 Å². The lowest BCUT2D eigenvalue weighted by Gasteiger charge is -2.22. The molecule has 0 aliphatic carbocycles. The molecule has 0 aromatic heterocycles. The molecule has 1 aliphatic heterocycles. The van der Waals surface area contributed by atoms with Crippen LogP contribution in [0.25, 0.3) is 0 Å². The van der Waals surface area contributed by atoms with Crippen LogP contribution in [0.2, 0.25) is 0 Å². The molecule has 0 bridgehead atoms. The summed E-state index contributed by atoms with van der Waals surface area (Å²) in [6, 6.07) is 10.2. The van der Waals surface area contributed by atoms with Crippen molar-refractivity contribution in [3.63, 3.8) is 0 Å². The molecule has 1 fully saturated rings. The Morgan fingerprint density at radius 3 is 2.57 bits per heavy atom. The molecule has 1 unspecified atom stereocenters. The predicted octanol–water partition coefficient (Wildman–Crippen LogP) is 2.10. The van der Waals surface area contributed by atoms with Gasteiger partial charge >= 0.3 is 0 Å². The van der Waals surface area contributed by atoms with Crippen LogP contribution in [0.5, 0.6) is 0 Å². The molecule has 1 atom stereocenters. The normalized spacial score (nSPS) is 18.5. The van der Waals surface area contributed by atoms with Gasteiger partial charge in [-0.15, -0.1) is 0 Å². The Labute approximate surface area is 128 Å². The molecule has 4 nitrogen and oxygen atoms in total. The van der Waals surface area contributed by atoms with Gasteiger partial charge in [0.1, 0.15) is 0 Å². The molecule has 2 rings (SSSR count). The Bertz CT molecular complexity index is 510. The summed E-state index contributed by atoms with van der Waals surface area (Å²) in [5.74, 6) is 0.942. The lowest BCUT2D eigenvalue weighted by Crippen LogP contribution is -2.36. The molecule has 118 valence electrons. The van der Waals surface area contributed by atoms with E-state index in [1.54, 1.807) is 0 Å². The van der Waals surface area contributed by atoms with Crippen molar-refractivity contribution in [1.82, 2.24) is 10.0 Å². The van der Waals surface area contributed by atoms with E-state index in [4.69, 9.17) is 0 Å². The molecule has 0 saturated carbocycles. The average Bonchev–Trinajstić information content (AvgIpc) is 2.48. The molecule has 1 aliphatic rings. The Hall–Kier alpha value is -0.910. The first kappa shape index (κ1) is 16.5. The van der Waals surface area contributed by atoms with Crippen LogP contribution in [0.3, 0.4) is 0 Å². The van der Waals surface area contributed by atoms with E-state index in [0.717, 1.165) is 32.4 Å². The minimum Gasteiger partial charge on any atom is -0.317 e. The van der Waals surface area contributed by atoms with Crippen molar-refractivity contribution in [3.8, 4) is 0 Å². The molecule has 1 saturated heterocycles. The first-order chi connectivity index (χ1) is 10.1. The third kappa shape index (κ3) is 5.77. The standard InChI is InChI=1S/C16H26N2O2S/c1-14(16-5-3-2-4-6-16)7-12-18-21(19,20)13-15-8-10-17-11-9-15/h2-6,14-15,17-18H,7-13H2,1H3. The van der Waals surface area contributed by atoms with Crippen molar-refractivity contribution in [2.24, 2.45) is 5.92 Å². The van der Waals surface area contributed by atoms with Gasteiger partial charge in [0, 0.05) is 6.54 Å². The predicted molar refractivity (Wildman–Crippen MR) is 86.9 cm³/mol. The van der Waals surface area contributed by atoms with Gasteiger partial charge in [-0.05, 0) is 49.8 Å². The Morgan fingerprint density at radius 1 is 1.24 bits per heavy atom. The average molecular weight is 310 g/mol. The van der Waals surface area contributed by atoms with E-state index in [1.807, 2.05) is 18.2 Å². The molecular formula is C16H26N2O2S. The molecule has 0 amide bonds. The molecule has 1 aromatic carbocycles. The van der Waals surface area contributed by atoms with E-state index in [0.29, 0.717) is 18.4 Å². The molecule has 1 heterocycles. The third-order valence-electron chi connectivity index (χ3n) is 4.18. The second-order valence-corrected chi connectivity index (χ2v) is 7.82. The number of sulfonamides is 1. The quantitative estimate of drug-likeness (QED) is 0.811. The number of rotatable bonds is 7. The van der Waals surface area contributed by atoms with Gasteiger partial charge in [0.15, 0.2) is 0 Å². The Kier molecular flexibility index (Phi) is 6.21. The lowest BCUT2D eigenvalue weighted by atomic mass is 9.98. The summed E-state index contributed by atoms with van der Waals surface area (Å²) in [6.07, 6.45) is 2.75. The topological polar surface area (TPSA) is 58.2 Å². The highest BCUT2D eigenvalue weighted by molar-refractivity contribution is 7.89. The van der Waals surface area contributed by atoms with E-state index >= 15 is 0 Å². The summed E-state index contributed by atoms with van der Waals surface area (Å²) in [4.78, 5) is 0. The fourth-order valence-corrected chi connectivity index (χ4v) is 4.30. The van der Waals surface area contributed by atoms with Gasteiger partial charge < -0.3 is 5.32 Å². The van der Waals surface area contributed by atoms with E-state index in [9.17, 15) is 8.42 Å². The highest BCUT2D eigenvalue weighted by atomic mass is 32.2. The molecule has 5 heteroatoms. The molecule has 21 heavy (non-hydrogen) atoms. The van der Waals surface area contributed by atoms with Crippen molar-refractivity contribution in [3.05, 3.63) is 35.9 Å². The zero-order valence-corrected chi connectivity index (χ0v) is 13.5. The summed E-state index contributed by atoms with van der Waals surface area (Å²) in [7, 11) is -3.14. The van der Waals surface area contributed by atoms with Gasteiger partial charge in [-0.1, -0.05) is 37.3 Å². The molecule has 1 aromatic rings. The van der Waals surface area contributed by atoms with Crippen molar-refractivity contribution >= 4 is 10.0 Å². The summed E-state index contributed by atoms with van der Waals surface area (Å²) in [5.41, 5.74) is 1.26. The maximum atomic E-state index is 12.1. The van der Waals surface area contributed by atoms with Crippen molar-refractivity contribution in [2.45, 2.75) is 32.1 Å². The fraction of sp³-hybridized carbons (Fsp3) is 0.625. The molecular weight excluding hydrogens is 284 g/mol.